The summed E-state index contributed by atoms with van der Waals surface area (Å²) in [4.78, 5) is 39.2. The molecule has 31 heavy (non-hydrogen) atoms. The number of ether oxygens (including phenoxy) is 2. The molecule has 2 aliphatic rings. The molecule has 3 atom stereocenters. The first-order chi connectivity index (χ1) is 15.0. The standard InChI is InChI=1S/C25H25NO5/c1-3-31-25(29)23-18(15-8-5-4-6-9-15)13-20-22(24(23)28)19(14-21(27)26-20)16-10-7-11-17(12-16)30-2/h4-12,18-19,23H,3,13-14H2,1-2H3,(H,26,27)/t18-,19-,23-/m0/s1. The Hall–Kier alpha value is -3.41. The molecule has 1 heterocycles. The fourth-order valence-electron chi connectivity index (χ4n) is 4.61. The largest absolute Gasteiger partial charge is 0.497 e. The molecule has 2 aromatic carbocycles. The van der Waals surface area contributed by atoms with E-state index in [1.165, 1.54) is 0 Å². The van der Waals surface area contributed by atoms with Crippen molar-refractivity contribution in [2.75, 3.05) is 13.7 Å². The highest BCUT2D eigenvalue weighted by molar-refractivity contribution is 6.12. The fourth-order valence-corrected chi connectivity index (χ4v) is 4.61. The predicted octanol–water partition coefficient (Wildman–Crippen LogP) is 3.49. The normalized spacial score (nSPS) is 23.1. The molecule has 160 valence electrons. The number of allylic oxidation sites excluding steroid dienone is 2. The number of nitrogens with one attached hydrogen (secondary N) is 1. The lowest BCUT2D eigenvalue weighted by Crippen LogP contribution is -2.44. The third kappa shape index (κ3) is 3.98. The summed E-state index contributed by atoms with van der Waals surface area (Å²) in [6.07, 6.45) is 0.532. The van der Waals surface area contributed by atoms with E-state index in [4.69, 9.17) is 9.47 Å². The van der Waals surface area contributed by atoms with Gasteiger partial charge in [-0.1, -0.05) is 42.5 Å². The van der Waals surface area contributed by atoms with Gasteiger partial charge < -0.3 is 14.8 Å². The zero-order chi connectivity index (χ0) is 22.0. The molecule has 4 rings (SSSR count). The molecule has 0 aromatic heterocycles. The number of amides is 1. The molecule has 6 heteroatoms. The van der Waals surface area contributed by atoms with Gasteiger partial charge in [0, 0.05) is 29.5 Å². The third-order valence-corrected chi connectivity index (χ3v) is 5.99. The van der Waals surface area contributed by atoms with Crippen LogP contribution in [0.2, 0.25) is 0 Å². The molecule has 0 bridgehead atoms. The summed E-state index contributed by atoms with van der Waals surface area (Å²) >= 11 is 0. The van der Waals surface area contributed by atoms with E-state index in [1.807, 2.05) is 54.6 Å². The number of carbonyl (C=O) groups excluding carboxylic acids is 3. The minimum absolute atomic E-state index is 0.138. The number of hydrogen-bond donors (Lipinski definition) is 1. The molecular formula is C25H25NO5. The molecule has 1 amide bonds. The maximum atomic E-state index is 13.8. The smallest absolute Gasteiger partial charge is 0.317 e. The summed E-state index contributed by atoms with van der Waals surface area (Å²) in [5.74, 6) is -2.05. The van der Waals surface area contributed by atoms with Gasteiger partial charge in [-0.05, 0) is 36.6 Å². The highest BCUT2D eigenvalue weighted by Crippen LogP contribution is 2.46. The van der Waals surface area contributed by atoms with Crippen molar-refractivity contribution in [2.24, 2.45) is 5.92 Å². The minimum Gasteiger partial charge on any atom is -0.497 e. The van der Waals surface area contributed by atoms with E-state index in [0.717, 1.165) is 11.1 Å². The molecule has 6 nitrogen and oxygen atoms in total. The van der Waals surface area contributed by atoms with Gasteiger partial charge in [0.2, 0.25) is 5.91 Å². The maximum absolute atomic E-state index is 13.8. The summed E-state index contributed by atoms with van der Waals surface area (Å²) in [6.45, 7) is 1.93. The zero-order valence-corrected chi connectivity index (χ0v) is 17.6. The number of benzene rings is 2. The van der Waals surface area contributed by atoms with Crippen LogP contribution >= 0.6 is 0 Å². The van der Waals surface area contributed by atoms with E-state index >= 15 is 0 Å². The highest BCUT2D eigenvalue weighted by Gasteiger charge is 2.47. The molecule has 0 fully saturated rings. The molecule has 0 saturated heterocycles. The van der Waals surface area contributed by atoms with Crippen molar-refractivity contribution in [3.8, 4) is 5.75 Å². The first-order valence-electron chi connectivity index (χ1n) is 10.5. The molecule has 0 saturated carbocycles. The van der Waals surface area contributed by atoms with Crippen molar-refractivity contribution in [3.05, 3.63) is 77.0 Å². The van der Waals surface area contributed by atoms with Gasteiger partial charge in [0.1, 0.15) is 11.7 Å². The Kier molecular flexibility index (Phi) is 5.89. The Morgan fingerprint density at radius 1 is 1.03 bits per heavy atom. The first-order valence-corrected chi connectivity index (χ1v) is 10.5. The second-order valence-corrected chi connectivity index (χ2v) is 7.79. The first kappa shape index (κ1) is 20.8. The molecule has 1 N–H and O–H groups in total. The average Bonchev–Trinajstić information content (AvgIpc) is 2.79. The van der Waals surface area contributed by atoms with Crippen LogP contribution in [-0.4, -0.2) is 31.4 Å². The molecular weight excluding hydrogens is 394 g/mol. The number of hydrogen-bond acceptors (Lipinski definition) is 5. The topological polar surface area (TPSA) is 81.7 Å². The second kappa shape index (κ2) is 8.76. The predicted molar refractivity (Wildman–Crippen MR) is 114 cm³/mol. The Balaban J connectivity index is 1.82. The molecule has 0 spiro atoms. The van der Waals surface area contributed by atoms with E-state index in [-0.39, 0.29) is 24.7 Å². The highest BCUT2D eigenvalue weighted by atomic mass is 16.5. The van der Waals surface area contributed by atoms with Crippen molar-refractivity contribution < 1.29 is 23.9 Å². The number of methoxy groups -OCH3 is 1. The number of esters is 1. The maximum Gasteiger partial charge on any atom is 0.317 e. The van der Waals surface area contributed by atoms with E-state index in [1.54, 1.807) is 14.0 Å². The number of rotatable bonds is 5. The van der Waals surface area contributed by atoms with Crippen LogP contribution in [0.4, 0.5) is 0 Å². The van der Waals surface area contributed by atoms with Crippen LogP contribution in [0.15, 0.2) is 65.9 Å². The Bertz CT molecular complexity index is 1040. The molecule has 0 unspecified atom stereocenters. The van der Waals surface area contributed by atoms with Crippen molar-refractivity contribution in [3.63, 3.8) is 0 Å². The van der Waals surface area contributed by atoms with Crippen LogP contribution in [0.25, 0.3) is 0 Å². The van der Waals surface area contributed by atoms with E-state index < -0.39 is 23.7 Å². The Morgan fingerprint density at radius 3 is 2.48 bits per heavy atom. The van der Waals surface area contributed by atoms with Crippen LogP contribution in [0, 0.1) is 5.92 Å². The van der Waals surface area contributed by atoms with Gasteiger partial charge in [0.15, 0.2) is 5.78 Å². The minimum atomic E-state index is -0.941. The molecule has 2 aromatic rings. The van der Waals surface area contributed by atoms with Crippen LogP contribution in [0.3, 0.4) is 0 Å². The van der Waals surface area contributed by atoms with Crippen LogP contribution < -0.4 is 10.1 Å². The lowest BCUT2D eigenvalue weighted by Gasteiger charge is -2.38. The Morgan fingerprint density at radius 2 is 1.77 bits per heavy atom. The Labute approximate surface area is 181 Å². The van der Waals surface area contributed by atoms with Gasteiger partial charge in [-0.3, -0.25) is 14.4 Å². The van der Waals surface area contributed by atoms with Crippen molar-refractivity contribution >= 4 is 17.7 Å². The van der Waals surface area contributed by atoms with Gasteiger partial charge in [0.25, 0.3) is 0 Å². The fraction of sp³-hybridized carbons (Fsp3) is 0.320. The van der Waals surface area contributed by atoms with Crippen molar-refractivity contribution in [2.45, 2.75) is 31.6 Å². The van der Waals surface area contributed by atoms with Crippen LogP contribution in [0.1, 0.15) is 42.7 Å². The van der Waals surface area contributed by atoms with Gasteiger partial charge in [0.05, 0.1) is 13.7 Å². The van der Waals surface area contributed by atoms with Gasteiger partial charge in [-0.15, -0.1) is 0 Å². The summed E-state index contributed by atoms with van der Waals surface area (Å²) in [6, 6.07) is 16.8. The summed E-state index contributed by atoms with van der Waals surface area (Å²) < 4.78 is 10.6. The van der Waals surface area contributed by atoms with E-state index in [9.17, 15) is 14.4 Å². The van der Waals surface area contributed by atoms with Gasteiger partial charge in [-0.25, -0.2) is 0 Å². The van der Waals surface area contributed by atoms with Crippen molar-refractivity contribution in [1.82, 2.24) is 5.32 Å². The lowest BCUT2D eigenvalue weighted by molar-refractivity contribution is -0.152. The van der Waals surface area contributed by atoms with Crippen LogP contribution in [-0.2, 0) is 19.1 Å². The molecule has 1 aliphatic heterocycles. The summed E-state index contributed by atoms with van der Waals surface area (Å²) in [7, 11) is 1.57. The van der Waals surface area contributed by atoms with Gasteiger partial charge >= 0.3 is 5.97 Å². The van der Waals surface area contributed by atoms with E-state index in [2.05, 4.69) is 5.32 Å². The monoisotopic (exact) mass is 419 g/mol. The molecule has 0 radical (unpaired) electrons. The number of Topliss-reactive ketones (excluding diaryl/α,β-unsaturated/α-hetero) is 1. The lowest BCUT2D eigenvalue weighted by atomic mass is 9.68. The number of ketones is 1. The number of carbonyl (C=O) groups is 3. The SMILES string of the molecule is CCOC(=O)[C@@H]1C(=O)C2=C(C[C@H]1c1ccccc1)NC(=O)C[C@H]2c1cccc(OC)c1. The van der Waals surface area contributed by atoms with Crippen molar-refractivity contribution in [1.29, 1.82) is 0 Å². The van der Waals surface area contributed by atoms with Gasteiger partial charge in [-0.2, -0.15) is 0 Å². The summed E-state index contributed by atoms with van der Waals surface area (Å²) in [5, 5.41) is 2.90. The molecule has 1 aliphatic carbocycles. The average molecular weight is 419 g/mol. The zero-order valence-electron chi connectivity index (χ0n) is 17.6. The second-order valence-electron chi connectivity index (χ2n) is 7.79. The quantitative estimate of drug-likeness (QED) is 0.593. The van der Waals surface area contributed by atoms with E-state index in [0.29, 0.717) is 23.4 Å². The summed E-state index contributed by atoms with van der Waals surface area (Å²) in [5.41, 5.74) is 2.79. The third-order valence-electron chi connectivity index (χ3n) is 5.99. The van der Waals surface area contributed by atoms with Crippen LogP contribution in [0.5, 0.6) is 5.75 Å².